The van der Waals surface area contributed by atoms with E-state index in [9.17, 15) is 4.79 Å². The third-order valence-electron chi connectivity index (χ3n) is 5.33. The highest BCUT2D eigenvalue weighted by atomic mass is 35.5. The van der Waals surface area contributed by atoms with E-state index in [1.807, 2.05) is 42.5 Å². The third kappa shape index (κ3) is 6.36. The van der Waals surface area contributed by atoms with Crippen LogP contribution in [0.2, 0.25) is 0 Å². The van der Waals surface area contributed by atoms with Gasteiger partial charge in [0.05, 0.1) is 0 Å². The monoisotopic (exact) mass is 474 g/mol. The lowest BCUT2D eigenvalue weighted by Crippen LogP contribution is -2.24. The Hall–Kier alpha value is -2.80. The van der Waals surface area contributed by atoms with E-state index in [2.05, 4.69) is 28.4 Å². The number of carbonyl (C=O) groups is 1. The lowest BCUT2D eigenvalue weighted by atomic mass is 10.0. The largest absolute Gasteiger partial charge is 0.489 e. The van der Waals surface area contributed by atoms with Crippen molar-refractivity contribution < 1.29 is 9.53 Å². The summed E-state index contributed by atoms with van der Waals surface area (Å²) in [6.07, 6.45) is 1.14. The number of rotatable bonds is 6. The Labute approximate surface area is 200 Å². The Morgan fingerprint density at radius 2 is 1.81 bits per heavy atom. The summed E-state index contributed by atoms with van der Waals surface area (Å²) in [5, 5.41) is 12.6. The van der Waals surface area contributed by atoms with Crippen molar-refractivity contribution in [2.24, 2.45) is 5.73 Å². The molecule has 0 radical (unpaired) electrons. The van der Waals surface area contributed by atoms with E-state index in [0.717, 1.165) is 53.8 Å². The smallest absolute Gasteiger partial charge is 0.221 e. The van der Waals surface area contributed by atoms with Crippen LogP contribution < -0.4 is 15.8 Å². The van der Waals surface area contributed by atoms with E-state index in [0.29, 0.717) is 0 Å². The number of amidine groups is 1. The summed E-state index contributed by atoms with van der Waals surface area (Å²) in [6, 6.07) is 19.8. The first-order chi connectivity index (χ1) is 14.5. The fourth-order valence-electron chi connectivity index (χ4n) is 3.87. The van der Waals surface area contributed by atoms with Crippen LogP contribution >= 0.6 is 24.8 Å². The molecule has 0 spiro atoms. The van der Waals surface area contributed by atoms with Crippen LogP contribution in [0.25, 0.3) is 10.8 Å². The van der Waals surface area contributed by atoms with Crippen LogP contribution in [0.15, 0.2) is 60.7 Å². The van der Waals surface area contributed by atoms with Gasteiger partial charge in [-0.3, -0.25) is 15.1 Å². The maximum Gasteiger partial charge on any atom is 0.221 e. The van der Waals surface area contributed by atoms with Crippen molar-refractivity contribution in [3.8, 4) is 5.75 Å². The molecule has 1 aliphatic heterocycles. The van der Waals surface area contributed by atoms with Crippen molar-refractivity contribution in [3.63, 3.8) is 0 Å². The Kier molecular flexibility index (Phi) is 8.89. The molecule has 1 unspecified atom stereocenters. The second kappa shape index (κ2) is 11.2. The third-order valence-corrected chi connectivity index (χ3v) is 5.33. The minimum absolute atomic E-state index is 0. The average molecular weight is 475 g/mol. The quantitative estimate of drug-likeness (QED) is 0.360. The van der Waals surface area contributed by atoms with Gasteiger partial charge < -0.3 is 15.8 Å². The number of anilines is 1. The Morgan fingerprint density at radius 3 is 2.50 bits per heavy atom. The molecule has 4 N–H and O–H groups in total. The maximum absolute atomic E-state index is 11.1. The van der Waals surface area contributed by atoms with Crippen LogP contribution in [0.1, 0.15) is 24.5 Å². The van der Waals surface area contributed by atoms with Crippen LogP contribution in [0.4, 0.5) is 5.69 Å². The minimum Gasteiger partial charge on any atom is -0.489 e. The first-order valence-electron chi connectivity index (χ1n) is 10.1. The molecule has 0 aromatic heterocycles. The molecule has 1 amide bonds. The first-order valence-corrected chi connectivity index (χ1v) is 10.1. The Morgan fingerprint density at radius 1 is 1.09 bits per heavy atom. The lowest BCUT2D eigenvalue weighted by molar-refractivity contribution is -0.114. The number of fused-ring (bicyclic) bond motifs is 1. The number of likely N-dealkylation sites (tertiary alicyclic amines) is 1. The first kappa shape index (κ1) is 25.5. The highest BCUT2D eigenvalue weighted by Gasteiger charge is 2.24. The van der Waals surface area contributed by atoms with Gasteiger partial charge in [-0.2, -0.15) is 0 Å². The number of hydrogen-bond acceptors (Lipinski definition) is 4. The normalized spacial score (nSPS) is 15.5. The van der Waals surface area contributed by atoms with Gasteiger partial charge in [-0.05, 0) is 59.2 Å². The standard InChI is InChI=1S/C24H26N4O2.2ClH/c1-16(29)27-21-6-8-22(9-7-21)30-23-10-11-28(15-23)14-17-2-3-18-4-5-19(24(25)26)13-20(18)12-17;;/h2-9,12-13,23H,10-11,14-15H2,1H3,(H3,25,26)(H,27,29);2*1H. The molecule has 8 heteroatoms. The number of nitrogens with two attached hydrogens (primary N) is 1. The summed E-state index contributed by atoms with van der Waals surface area (Å²) < 4.78 is 6.12. The summed E-state index contributed by atoms with van der Waals surface area (Å²) in [5.41, 5.74) is 8.38. The van der Waals surface area contributed by atoms with Crippen molar-refractivity contribution in [1.82, 2.24) is 4.90 Å². The van der Waals surface area contributed by atoms with Gasteiger partial charge in [-0.1, -0.05) is 24.3 Å². The van der Waals surface area contributed by atoms with Crippen molar-refractivity contribution in [1.29, 1.82) is 5.41 Å². The van der Waals surface area contributed by atoms with E-state index in [1.54, 1.807) is 0 Å². The molecule has 0 bridgehead atoms. The SMILES string of the molecule is CC(=O)Nc1ccc(OC2CCN(Cc3ccc4ccc(C(=N)N)cc4c3)C2)cc1.Cl.Cl. The zero-order chi connectivity index (χ0) is 21.1. The van der Waals surface area contributed by atoms with E-state index in [1.165, 1.54) is 12.5 Å². The molecule has 0 saturated carbocycles. The number of halogens is 2. The van der Waals surface area contributed by atoms with Crippen LogP contribution in [-0.2, 0) is 11.3 Å². The number of nitrogen functional groups attached to an aromatic ring is 1. The summed E-state index contributed by atoms with van der Waals surface area (Å²) in [7, 11) is 0. The van der Waals surface area contributed by atoms with Gasteiger partial charge in [0.15, 0.2) is 0 Å². The van der Waals surface area contributed by atoms with Gasteiger partial charge in [0.2, 0.25) is 5.91 Å². The number of amides is 1. The second-order valence-corrected chi connectivity index (χ2v) is 7.78. The van der Waals surface area contributed by atoms with Crippen LogP contribution in [0.3, 0.4) is 0 Å². The van der Waals surface area contributed by atoms with Crippen molar-refractivity contribution in [2.45, 2.75) is 26.0 Å². The number of benzene rings is 3. The predicted molar refractivity (Wildman–Crippen MR) is 135 cm³/mol. The summed E-state index contributed by atoms with van der Waals surface area (Å²) in [5.74, 6) is 0.826. The average Bonchev–Trinajstić information content (AvgIpc) is 3.15. The van der Waals surface area contributed by atoms with Crippen LogP contribution in [0, 0.1) is 5.41 Å². The molecule has 6 nitrogen and oxygen atoms in total. The predicted octanol–water partition coefficient (Wildman–Crippen LogP) is 4.58. The molecule has 3 aromatic rings. The Balaban J connectivity index is 0.00000181. The molecular formula is C24H28Cl2N4O2. The highest BCUT2D eigenvalue weighted by Crippen LogP contribution is 2.23. The number of nitrogens with one attached hydrogen (secondary N) is 2. The van der Waals surface area contributed by atoms with Gasteiger partial charge in [0.25, 0.3) is 0 Å². The van der Waals surface area contributed by atoms with Crippen LogP contribution in [-0.4, -0.2) is 35.8 Å². The van der Waals surface area contributed by atoms with Crippen molar-refractivity contribution in [2.75, 3.05) is 18.4 Å². The van der Waals surface area contributed by atoms with E-state index < -0.39 is 0 Å². The van der Waals surface area contributed by atoms with Crippen molar-refractivity contribution in [3.05, 3.63) is 71.8 Å². The molecule has 1 heterocycles. The minimum atomic E-state index is -0.0821. The number of ether oxygens (including phenoxy) is 1. The van der Waals surface area contributed by atoms with Crippen LogP contribution in [0.5, 0.6) is 5.75 Å². The number of hydrogen-bond donors (Lipinski definition) is 3. The summed E-state index contributed by atoms with van der Waals surface area (Å²) in [6.45, 7) is 4.22. The topological polar surface area (TPSA) is 91.4 Å². The Bertz CT molecular complexity index is 1090. The second-order valence-electron chi connectivity index (χ2n) is 7.78. The molecule has 0 aliphatic carbocycles. The van der Waals surface area contributed by atoms with E-state index in [-0.39, 0.29) is 42.7 Å². The summed E-state index contributed by atoms with van der Waals surface area (Å²) >= 11 is 0. The zero-order valence-corrected chi connectivity index (χ0v) is 19.5. The molecule has 170 valence electrons. The molecule has 32 heavy (non-hydrogen) atoms. The molecule has 1 saturated heterocycles. The molecular weight excluding hydrogens is 447 g/mol. The zero-order valence-electron chi connectivity index (χ0n) is 17.8. The molecule has 1 aliphatic rings. The van der Waals surface area contributed by atoms with Gasteiger partial charge in [-0.25, -0.2) is 0 Å². The number of nitrogens with zero attached hydrogens (tertiary/aromatic N) is 1. The van der Waals surface area contributed by atoms with E-state index >= 15 is 0 Å². The fraction of sp³-hybridized carbons (Fsp3) is 0.250. The van der Waals surface area contributed by atoms with Crippen molar-refractivity contribution >= 4 is 53.0 Å². The number of carbonyl (C=O) groups excluding carboxylic acids is 1. The fourth-order valence-corrected chi connectivity index (χ4v) is 3.87. The van der Waals surface area contributed by atoms with E-state index in [4.69, 9.17) is 15.9 Å². The maximum atomic E-state index is 11.1. The van der Waals surface area contributed by atoms with Gasteiger partial charge in [0.1, 0.15) is 17.7 Å². The molecule has 3 aromatic carbocycles. The van der Waals surface area contributed by atoms with Gasteiger partial charge in [0, 0.05) is 37.8 Å². The van der Waals surface area contributed by atoms with Gasteiger partial charge in [-0.15, -0.1) is 24.8 Å². The highest BCUT2D eigenvalue weighted by molar-refractivity contribution is 5.99. The van der Waals surface area contributed by atoms with Gasteiger partial charge >= 0.3 is 0 Å². The molecule has 4 rings (SSSR count). The lowest BCUT2D eigenvalue weighted by Gasteiger charge is -2.17. The molecule has 1 atom stereocenters. The summed E-state index contributed by atoms with van der Waals surface area (Å²) in [4.78, 5) is 13.5. The molecule has 1 fully saturated rings.